The molecule has 2 fully saturated rings. The summed E-state index contributed by atoms with van der Waals surface area (Å²) in [5.41, 5.74) is 5.99. The van der Waals surface area contributed by atoms with Crippen molar-refractivity contribution >= 4 is 5.91 Å². The third-order valence-corrected chi connectivity index (χ3v) is 3.75. The molecule has 1 saturated heterocycles. The van der Waals surface area contributed by atoms with Crippen LogP contribution >= 0.6 is 0 Å². The molecule has 0 aromatic carbocycles. The Morgan fingerprint density at radius 3 is 2.53 bits per heavy atom. The minimum Gasteiger partial charge on any atom is -0.340 e. The first kappa shape index (κ1) is 12.6. The second-order valence-corrected chi connectivity index (χ2v) is 5.18. The molecular formula is C13H23N3O. The lowest BCUT2D eigenvalue weighted by Crippen LogP contribution is -2.49. The number of nitrogens with zero attached hydrogens (tertiary/aromatic N) is 2. The predicted molar refractivity (Wildman–Crippen MR) is 68.5 cm³/mol. The highest BCUT2D eigenvalue weighted by molar-refractivity contribution is 5.77. The van der Waals surface area contributed by atoms with Gasteiger partial charge in [-0.3, -0.25) is 9.69 Å². The molecule has 0 aromatic rings. The average Bonchev–Trinajstić information content (AvgIpc) is 3.14. The third kappa shape index (κ3) is 3.54. The first-order valence-corrected chi connectivity index (χ1v) is 6.57. The number of hydrogen-bond acceptors (Lipinski definition) is 3. The van der Waals surface area contributed by atoms with Crippen molar-refractivity contribution in [1.82, 2.24) is 9.80 Å². The van der Waals surface area contributed by atoms with E-state index in [1.807, 2.05) is 11.0 Å². The van der Waals surface area contributed by atoms with Crippen molar-refractivity contribution in [2.45, 2.75) is 25.3 Å². The standard InChI is InChI=1S/C13H23N3O/c1-2-5-15-6-8-16(9-7-15)13(17)10-12(14)11-3-4-11/h2,11-12H,1,3-10,14H2. The molecule has 17 heavy (non-hydrogen) atoms. The SMILES string of the molecule is C=CCN1CCN(C(=O)CC(N)C2CC2)CC1. The molecule has 0 radical (unpaired) electrons. The van der Waals surface area contributed by atoms with Crippen molar-refractivity contribution in [3.05, 3.63) is 12.7 Å². The number of carbonyl (C=O) groups is 1. The predicted octanol–water partition coefficient (Wildman–Crippen LogP) is 0.444. The molecule has 2 aliphatic rings. The minimum atomic E-state index is 0.0914. The zero-order chi connectivity index (χ0) is 12.3. The molecule has 1 heterocycles. The van der Waals surface area contributed by atoms with Gasteiger partial charge in [-0.25, -0.2) is 0 Å². The monoisotopic (exact) mass is 237 g/mol. The van der Waals surface area contributed by atoms with E-state index < -0.39 is 0 Å². The van der Waals surface area contributed by atoms with Gasteiger partial charge in [-0.1, -0.05) is 6.08 Å². The molecule has 1 aliphatic heterocycles. The van der Waals surface area contributed by atoms with Gasteiger partial charge in [-0.2, -0.15) is 0 Å². The van der Waals surface area contributed by atoms with Crippen LogP contribution in [0, 0.1) is 5.92 Å². The van der Waals surface area contributed by atoms with E-state index in [1.54, 1.807) is 0 Å². The van der Waals surface area contributed by atoms with Crippen molar-refractivity contribution in [2.24, 2.45) is 11.7 Å². The summed E-state index contributed by atoms with van der Waals surface area (Å²) >= 11 is 0. The van der Waals surface area contributed by atoms with Crippen LogP contribution in [0.3, 0.4) is 0 Å². The topological polar surface area (TPSA) is 49.6 Å². The fourth-order valence-electron chi connectivity index (χ4n) is 2.38. The van der Waals surface area contributed by atoms with E-state index >= 15 is 0 Å². The van der Waals surface area contributed by atoms with Gasteiger partial charge < -0.3 is 10.6 Å². The van der Waals surface area contributed by atoms with Gasteiger partial charge in [-0.05, 0) is 18.8 Å². The fourth-order valence-corrected chi connectivity index (χ4v) is 2.38. The lowest BCUT2D eigenvalue weighted by Gasteiger charge is -2.34. The lowest BCUT2D eigenvalue weighted by atomic mass is 10.1. The Hall–Kier alpha value is -0.870. The van der Waals surface area contributed by atoms with E-state index in [1.165, 1.54) is 12.8 Å². The number of rotatable bonds is 5. The average molecular weight is 237 g/mol. The summed E-state index contributed by atoms with van der Waals surface area (Å²) in [5.74, 6) is 0.851. The number of piperazine rings is 1. The smallest absolute Gasteiger partial charge is 0.224 e. The van der Waals surface area contributed by atoms with Crippen LogP contribution in [0.25, 0.3) is 0 Å². The van der Waals surface area contributed by atoms with Gasteiger partial charge >= 0.3 is 0 Å². The Morgan fingerprint density at radius 1 is 1.35 bits per heavy atom. The largest absolute Gasteiger partial charge is 0.340 e. The summed E-state index contributed by atoms with van der Waals surface area (Å²) in [6.07, 6.45) is 4.87. The summed E-state index contributed by atoms with van der Waals surface area (Å²) in [7, 11) is 0. The quantitative estimate of drug-likeness (QED) is 0.706. The van der Waals surface area contributed by atoms with Crippen molar-refractivity contribution in [3.8, 4) is 0 Å². The van der Waals surface area contributed by atoms with Gasteiger partial charge in [0.2, 0.25) is 5.91 Å². The molecule has 1 unspecified atom stereocenters. The molecule has 0 aromatic heterocycles. The molecule has 1 saturated carbocycles. The van der Waals surface area contributed by atoms with E-state index in [0.717, 1.165) is 32.7 Å². The number of amides is 1. The lowest BCUT2D eigenvalue weighted by molar-refractivity contribution is -0.133. The van der Waals surface area contributed by atoms with E-state index in [-0.39, 0.29) is 11.9 Å². The van der Waals surface area contributed by atoms with Gasteiger partial charge in [0, 0.05) is 45.2 Å². The maximum atomic E-state index is 12.0. The van der Waals surface area contributed by atoms with E-state index in [4.69, 9.17) is 5.73 Å². The molecule has 0 bridgehead atoms. The first-order valence-electron chi connectivity index (χ1n) is 6.57. The van der Waals surface area contributed by atoms with Crippen molar-refractivity contribution < 1.29 is 4.79 Å². The summed E-state index contributed by atoms with van der Waals surface area (Å²) in [4.78, 5) is 16.3. The zero-order valence-corrected chi connectivity index (χ0v) is 10.5. The highest BCUT2D eigenvalue weighted by atomic mass is 16.2. The van der Waals surface area contributed by atoms with Crippen LogP contribution in [0.2, 0.25) is 0 Å². The Labute approximate surface area is 103 Å². The second-order valence-electron chi connectivity index (χ2n) is 5.18. The van der Waals surface area contributed by atoms with E-state index in [9.17, 15) is 4.79 Å². The number of nitrogens with two attached hydrogens (primary N) is 1. The second kappa shape index (κ2) is 5.65. The molecular weight excluding hydrogens is 214 g/mol. The van der Waals surface area contributed by atoms with Gasteiger partial charge in [0.1, 0.15) is 0 Å². The minimum absolute atomic E-state index is 0.0914. The highest BCUT2D eigenvalue weighted by Crippen LogP contribution is 2.33. The fraction of sp³-hybridized carbons (Fsp3) is 0.769. The molecule has 1 aliphatic carbocycles. The molecule has 96 valence electrons. The maximum absolute atomic E-state index is 12.0. The Bertz CT molecular complexity index is 280. The molecule has 1 atom stereocenters. The number of carbonyl (C=O) groups excluding carboxylic acids is 1. The summed E-state index contributed by atoms with van der Waals surface area (Å²) in [5, 5.41) is 0. The molecule has 1 amide bonds. The van der Waals surface area contributed by atoms with Gasteiger partial charge in [0.25, 0.3) is 0 Å². The molecule has 4 nitrogen and oxygen atoms in total. The van der Waals surface area contributed by atoms with Crippen LogP contribution in [0.1, 0.15) is 19.3 Å². The van der Waals surface area contributed by atoms with Gasteiger partial charge in [0.05, 0.1) is 0 Å². The van der Waals surface area contributed by atoms with E-state index in [0.29, 0.717) is 12.3 Å². The zero-order valence-electron chi connectivity index (χ0n) is 10.5. The third-order valence-electron chi connectivity index (χ3n) is 3.75. The van der Waals surface area contributed by atoms with Crippen LogP contribution in [0.5, 0.6) is 0 Å². The normalized spacial score (nSPS) is 23.5. The van der Waals surface area contributed by atoms with Crippen molar-refractivity contribution in [3.63, 3.8) is 0 Å². The van der Waals surface area contributed by atoms with Crippen molar-refractivity contribution in [1.29, 1.82) is 0 Å². The summed E-state index contributed by atoms with van der Waals surface area (Å²) in [6.45, 7) is 8.24. The van der Waals surface area contributed by atoms with Crippen molar-refractivity contribution in [2.75, 3.05) is 32.7 Å². The van der Waals surface area contributed by atoms with Gasteiger partial charge in [-0.15, -0.1) is 6.58 Å². The Balaban J connectivity index is 1.71. The van der Waals surface area contributed by atoms with Crippen LogP contribution in [0.15, 0.2) is 12.7 Å². The number of hydrogen-bond donors (Lipinski definition) is 1. The highest BCUT2D eigenvalue weighted by Gasteiger charge is 2.31. The van der Waals surface area contributed by atoms with Crippen LogP contribution in [-0.2, 0) is 4.79 Å². The molecule has 0 spiro atoms. The van der Waals surface area contributed by atoms with Crippen LogP contribution in [0.4, 0.5) is 0 Å². The first-order chi connectivity index (χ1) is 8.20. The Morgan fingerprint density at radius 2 is 2.00 bits per heavy atom. The van der Waals surface area contributed by atoms with Gasteiger partial charge in [0.15, 0.2) is 0 Å². The van der Waals surface area contributed by atoms with E-state index in [2.05, 4.69) is 11.5 Å². The van der Waals surface area contributed by atoms with Crippen LogP contribution in [-0.4, -0.2) is 54.5 Å². The molecule has 2 N–H and O–H groups in total. The molecule has 2 rings (SSSR count). The summed E-state index contributed by atoms with van der Waals surface area (Å²) in [6, 6.07) is 0.0914. The summed E-state index contributed by atoms with van der Waals surface area (Å²) < 4.78 is 0. The Kier molecular flexibility index (Phi) is 4.18. The maximum Gasteiger partial charge on any atom is 0.224 e. The van der Waals surface area contributed by atoms with Crippen LogP contribution < -0.4 is 5.73 Å². The molecule has 4 heteroatoms.